The van der Waals surface area contributed by atoms with Gasteiger partial charge in [0.15, 0.2) is 0 Å². The number of benzene rings is 1. The highest BCUT2D eigenvalue weighted by molar-refractivity contribution is 5.86. The minimum absolute atomic E-state index is 0.280. The van der Waals surface area contributed by atoms with Crippen molar-refractivity contribution in [3.63, 3.8) is 0 Å². The molecule has 4 heterocycles. The van der Waals surface area contributed by atoms with E-state index in [1.807, 2.05) is 24.5 Å². The monoisotopic (exact) mass is 390 g/mol. The first kappa shape index (κ1) is 17.4. The topological polar surface area (TPSA) is 89.3 Å². The highest BCUT2D eigenvalue weighted by Crippen LogP contribution is 2.31. The summed E-state index contributed by atoms with van der Waals surface area (Å²) in [4.78, 5) is 19.0. The molecule has 0 unspecified atom stereocenters. The number of nitrogens with one attached hydrogen (secondary N) is 3. The third kappa shape index (κ3) is 3.22. The molecule has 0 saturated carbocycles. The van der Waals surface area contributed by atoms with Crippen LogP contribution in [0.25, 0.3) is 16.6 Å². The van der Waals surface area contributed by atoms with Crippen molar-refractivity contribution < 1.29 is 9.53 Å². The number of hydrogen-bond acceptors (Lipinski definition) is 5. The number of carbonyl (C=O) groups excluding carboxylic acids is 1. The fourth-order valence-corrected chi connectivity index (χ4v) is 3.90. The van der Waals surface area contributed by atoms with Crippen LogP contribution in [0.5, 0.6) is 0 Å². The Bertz CT molecular complexity index is 1130. The number of fused-ring (bicyclic) bond motifs is 2. The van der Waals surface area contributed by atoms with Crippen LogP contribution in [0.2, 0.25) is 0 Å². The van der Waals surface area contributed by atoms with Crippen LogP contribution in [0, 0.1) is 0 Å². The Morgan fingerprint density at radius 1 is 1.31 bits per heavy atom. The van der Waals surface area contributed by atoms with Crippen molar-refractivity contribution in [1.29, 1.82) is 0 Å². The van der Waals surface area contributed by atoms with Crippen molar-refractivity contribution in [3.05, 3.63) is 65.9 Å². The Morgan fingerprint density at radius 3 is 3.07 bits per heavy atom. The normalized spacial score (nSPS) is 16.3. The Kier molecular flexibility index (Phi) is 4.23. The van der Waals surface area contributed by atoms with Crippen LogP contribution in [-0.4, -0.2) is 51.3 Å². The molecule has 1 amide bonds. The summed E-state index contributed by atoms with van der Waals surface area (Å²) in [6.07, 6.45) is 8.55. The third-order valence-electron chi connectivity index (χ3n) is 5.44. The summed E-state index contributed by atoms with van der Waals surface area (Å²) >= 11 is 0. The molecule has 1 aromatic carbocycles. The van der Waals surface area contributed by atoms with Crippen LogP contribution >= 0.6 is 0 Å². The first-order valence-electron chi connectivity index (χ1n) is 9.58. The van der Waals surface area contributed by atoms with Gasteiger partial charge >= 0.3 is 6.09 Å². The van der Waals surface area contributed by atoms with Crippen molar-refractivity contribution >= 4 is 28.4 Å². The number of methoxy groups -OCH3 is 1. The largest absolute Gasteiger partial charge is 0.453 e. The summed E-state index contributed by atoms with van der Waals surface area (Å²) < 4.78 is 4.83. The summed E-state index contributed by atoms with van der Waals surface area (Å²) in [5, 5.41) is 11.7. The first-order valence-corrected chi connectivity index (χ1v) is 9.58. The SMILES string of the molecule is COC(=O)N1CC=C(N2C=C(Nc3ccc4[nH]ncc4c3)c3cc[nH]c3C2)CC1. The molecule has 0 radical (unpaired) electrons. The predicted molar refractivity (Wildman–Crippen MR) is 111 cm³/mol. The maximum Gasteiger partial charge on any atom is 0.409 e. The number of hydrogen-bond donors (Lipinski definition) is 3. The Hall–Kier alpha value is -3.68. The molecule has 0 bridgehead atoms. The minimum Gasteiger partial charge on any atom is -0.453 e. The number of carbonyl (C=O) groups is 1. The Balaban J connectivity index is 1.41. The molecule has 5 rings (SSSR count). The van der Waals surface area contributed by atoms with Gasteiger partial charge in [0.05, 0.1) is 31.1 Å². The molecule has 0 aliphatic carbocycles. The lowest BCUT2D eigenvalue weighted by atomic mass is 10.1. The third-order valence-corrected chi connectivity index (χ3v) is 5.44. The molecule has 8 nitrogen and oxygen atoms in total. The lowest BCUT2D eigenvalue weighted by molar-refractivity contribution is 0.125. The zero-order chi connectivity index (χ0) is 19.8. The van der Waals surface area contributed by atoms with Gasteiger partial charge in [0.2, 0.25) is 0 Å². The molecule has 3 N–H and O–H groups in total. The summed E-state index contributed by atoms with van der Waals surface area (Å²) in [6.45, 7) is 1.99. The van der Waals surface area contributed by atoms with Crippen molar-refractivity contribution in [3.8, 4) is 0 Å². The first-order chi connectivity index (χ1) is 14.2. The average molecular weight is 390 g/mol. The van der Waals surface area contributed by atoms with E-state index in [4.69, 9.17) is 4.74 Å². The van der Waals surface area contributed by atoms with Crippen LogP contribution < -0.4 is 5.32 Å². The lowest BCUT2D eigenvalue weighted by Crippen LogP contribution is -2.37. The molecule has 8 heteroatoms. The summed E-state index contributed by atoms with van der Waals surface area (Å²) in [5.41, 5.74) is 6.59. The highest BCUT2D eigenvalue weighted by atomic mass is 16.5. The van der Waals surface area contributed by atoms with Crippen LogP contribution in [0.4, 0.5) is 10.5 Å². The van der Waals surface area contributed by atoms with E-state index < -0.39 is 0 Å². The predicted octanol–water partition coefficient (Wildman–Crippen LogP) is 3.47. The average Bonchev–Trinajstić information content (AvgIpc) is 3.42. The zero-order valence-corrected chi connectivity index (χ0v) is 16.1. The molecule has 0 spiro atoms. The highest BCUT2D eigenvalue weighted by Gasteiger charge is 2.24. The summed E-state index contributed by atoms with van der Waals surface area (Å²) in [6, 6.07) is 8.24. The Morgan fingerprint density at radius 2 is 2.24 bits per heavy atom. The van der Waals surface area contributed by atoms with Gasteiger partial charge in [-0.25, -0.2) is 4.79 Å². The van der Waals surface area contributed by atoms with Gasteiger partial charge < -0.3 is 24.8 Å². The van der Waals surface area contributed by atoms with Gasteiger partial charge in [-0.1, -0.05) is 0 Å². The number of rotatable bonds is 3. The molecule has 2 aromatic heterocycles. The van der Waals surface area contributed by atoms with E-state index in [1.54, 1.807) is 4.90 Å². The van der Waals surface area contributed by atoms with Crippen LogP contribution in [-0.2, 0) is 11.3 Å². The molecule has 0 saturated heterocycles. The van der Waals surface area contributed by atoms with Gasteiger partial charge in [-0.05, 0) is 30.3 Å². The van der Waals surface area contributed by atoms with Crippen molar-refractivity contribution in [2.24, 2.45) is 0 Å². The lowest BCUT2D eigenvalue weighted by Gasteiger charge is -2.33. The van der Waals surface area contributed by atoms with Gasteiger partial charge in [-0.15, -0.1) is 0 Å². The molecule has 148 valence electrons. The van der Waals surface area contributed by atoms with Crippen LogP contribution in [0.15, 0.2) is 54.6 Å². The number of nitrogens with zero attached hydrogens (tertiary/aromatic N) is 3. The van der Waals surface area contributed by atoms with E-state index in [2.05, 4.69) is 49.8 Å². The van der Waals surface area contributed by atoms with Gasteiger partial charge in [0.25, 0.3) is 0 Å². The number of aromatic amines is 2. The number of amides is 1. The quantitative estimate of drug-likeness (QED) is 0.637. The van der Waals surface area contributed by atoms with E-state index in [-0.39, 0.29) is 6.09 Å². The number of H-pyrrole nitrogens is 2. The number of aromatic nitrogens is 3. The van der Waals surface area contributed by atoms with Gasteiger partial charge in [0.1, 0.15) is 0 Å². The zero-order valence-electron chi connectivity index (χ0n) is 16.1. The van der Waals surface area contributed by atoms with Gasteiger partial charge in [0, 0.05) is 59.9 Å². The molecule has 2 aliphatic heterocycles. The standard InChI is InChI=1S/C21H22N6O2/c1-29-21(28)26-8-5-16(6-9-26)27-12-19-17(4-7-22-19)20(13-27)24-15-2-3-18-14(10-15)11-23-25-18/h2-5,7,10-11,13,22,24H,6,8-9,12H2,1H3,(H,23,25). The minimum atomic E-state index is -0.280. The summed E-state index contributed by atoms with van der Waals surface area (Å²) in [7, 11) is 1.42. The summed E-state index contributed by atoms with van der Waals surface area (Å²) in [5.74, 6) is 0. The van der Waals surface area contributed by atoms with Crippen LogP contribution in [0.1, 0.15) is 17.7 Å². The molecule has 0 atom stereocenters. The maximum atomic E-state index is 11.7. The van der Waals surface area contributed by atoms with E-state index in [9.17, 15) is 4.79 Å². The van der Waals surface area contributed by atoms with Crippen molar-refractivity contribution in [2.75, 3.05) is 25.5 Å². The number of ether oxygens (including phenoxy) is 1. The molecular weight excluding hydrogens is 368 g/mol. The molecule has 0 fully saturated rings. The van der Waals surface area contributed by atoms with Crippen molar-refractivity contribution in [2.45, 2.75) is 13.0 Å². The van der Waals surface area contributed by atoms with Gasteiger partial charge in [-0.2, -0.15) is 5.10 Å². The molecule has 2 aliphatic rings. The second kappa shape index (κ2) is 7.05. The second-order valence-electron chi connectivity index (χ2n) is 7.20. The number of anilines is 1. The fourth-order valence-electron chi connectivity index (χ4n) is 3.90. The second-order valence-corrected chi connectivity index (χ2v) is 7.20. The van der Waals surface area contributed by atoms with Crippen molar-refractivity contribution in [1.82, 2.24) is 25.0 Å². The fraction of sp³-hybridized carbons (Fsp3) is 0.238. The molecule has 29 heavy (non-hydrogen) atoms. The van der Waals surface area contributed by atoms with E-state index >= 15 is 0 Å². The van der Waals surface area contributed by atoms with E-state index in [1.165, 1.54) is 18.4 Å². The Labute approximate surface area is 167 Å². The van der Waals surface area contributed by atoms with E-state index in [0.717, 1.165) is 40.9 Å². The molecular formula is C21H22N6O2. The molecule has 3 aromatic rings. The van der Waals surface area contributed by atoms with Gasteiger partial charge in [-0.3, -0.25) is 5.10 Å². The van der Waals surface area contributed by atoms with Crippen LogP contribution in [0.3, 0.4) is 0 Å². The smallest absolute Gasteiger partial charge is 0.409 e. The van der Waals surface area contributed by atoms with E-state index in [0.29, 0.717) is 13.1 Å². The maximum absolute atomic E-state index is 11.7.